The van der Waals surface area contributed by atoms with Gasteiger partial charge in [0.05, 0.1) is 36.3 Å². The molecule has 0 radical (unpaired) electrons. The van der Waals surface area contributed by atoms with Crippen LogP contribution < -0.4 is 4.90 Å². The Labute approximate surface area is 156 Å². The molecule has 0 bridgehead atoms. The van der Waals surface area contributed by atoms with Crippen LogP contribution >= 0.6 is 0 Å². The van der Waals surface area contributed by atoms with Crippen LogP contribution in [0.25, 0.3) is 27.8 Å². The summed E-state index contributed by atoms with van der Waals surface area (Å²) in [5, 5.41) is 8.33. The summed E-state index contributed by atoms with van der Waals surface area (Å²) in [6, 6.07) is 6.18. The van der Waals surface area contributed by atoms with Gasteiger partial charge in [-0.2, -0.15) is 5.10 Å². The van der Waals surface area contributed by atoms with E-state index in [9.17, 15) is 0 Å². The van der Waals surface area contributed by atoms with Crippen LogP contribution in [-0.2, 0) is 4.74 Å². The van der Waals surface area contributed by atoms with Gasteiger partial charge in [-0.05, 0) is 18.9 Å². The van der Waals surface area contributed by atoms with E-state index in [-0.39, 0.29) is 0 Å². The van der Waals surface area contributed by atoms with E-state index in [2.05, 4.69) is 38.0 Å². The minimum atomic E-state index is 0.614. The highest BCUT2D eigenvalue weighted by molar-refractivity contribution is 5.93. The lowest BCUT2D eigenvalue weighted by molar-refractivity contribution is 0.122. The predicted octanol–water partition coefficient (Wildman–Crippen LogP) is 2.99. The van der Waals surface area contributed by atoms with Crippen LogP contribution in [0.5, 0.6) is 0 Å². The topological polar surface area (TPSA) is 71.3 Å². The summed E-state index contributed by atoms with van der Waals surface area (Å²) in [4.78, 5) is 12.3. The van der Waals surface area contributed by atoms with Gasteiger partial charge in [0.15, 0.2) is 11.5 Å². The van der Waals surface area contributed by atoms with Crippen LogP contribution in [-0.4, -0.2) is 50.9 Å². The predicted molar refractivity (Wildman–Crippen MR) is 103 cm³/mol. The third kappa shape index (κ3) is 2.49. The summed E-state index contributed by atoms with van der Waals surface area (Å²) in [5.41, 5.74) is 5.17. The molecule has 1 aromatic carbocycles. The molecule has 0 amide bonds. The SMILES string of the molecule is c1cc(-c2cn3cc(C4CC4)nc3c(N3CCOCC3)n2)c2cn[nH]c2c1. The van der Waals surface area contributed by atoms with Crippen molar-refractivity contribution in [2.75, 3.05) is 31.2 Å². The number of fused-ring (bicyclic) bond motifs is 2. The molecule has 0 unspecified atom stereocenters. The maximum Gasteiger partial charge on any atom is 0.180 e. The molecule has 6 rings (SSSR count). The Bertz CT molecular complexity index is 1140. The normalized spacial score (nSPS) is 17.9. The number of imidazole rings is 1. The average molecular weight is 360 g/mol. The maximum atomic E-state index is 5.54. The molecule has 2 aliphatic rings. The molecular weight excluding hydrogens is 340 g/mol. The van der Waals surface area contributed by atoms with E-state index in [1.54, 1.807) is 0 Å². The Balaban J connectivity index is 1.57. The lowest BCUT2D eigenvalue weighted by Gasteiger charge is -2.28. The van der Waals surface area contributed by atoms with E-state index in [1.165, 1.54) is 18.5 Å². The number of anilines is 1. The second-order valence-electron chi connectivity index (χ2n) is 7.36. The second kappa shape index (κ2) is 5.79. The van der Waals surface area contributed by atoms with Crippen molar-refractivity contribution >= 4 is 22.4 Å². The molecule has 27 heavy (non-hydrogen) atoms. The van der Waals surface area contributed by atoms with Gasteiger partial charge < -0.3 is 14.0 Å². The van der Waals surface area contributed by atoms with Gasteiger partial charge in [0.25, 0.3) is 0 Å². The summed E-state index contributed by atoms with van der Waals surface area (Å²) in [5.74, 6) is 1.56. The zero-order valence-corrected chi connectivity index (χ0v) is 14.9. The summed E-state index contributed by atoms with van der Waals surface area (Å²) >= 11 is 0. The Morgan fingerprint density at radius 1 is 1.07 bits per heavy atom. The number of aromatic nitrogens is 5. The molecule has 1 N–H and O–H groups in total. The molecule has 7 nitrogen and oxygen atoms in total. The van der Waals surface area contributed by atoms with Gasteiger partial charge in [0.2, 0.25) is 0 Å². The molecule has 1 saturated heterocycles. The van der Waals surface area contributed by atoms with Gasteiger partial charge in [0, 0.05) is 42.4 Å². The summed E-state index contributed by atoms with van der Waals surface area (Å²) in [6.45, 7) is 3.14. The quantitative estimate of drug-likeness (QED) is 0.608. The van der Waals surface area contributed by atoms with Crippen molar-refractivity contribution in [3.8, 4) is 11.3 Å². The van der Waals surface area contributed by atoms with E-state index < -0.39 is 0 Å². The number of morpholine rings is 1. The molecule has 136 valence electrons. The highest BCUT2D eigenvalue weighted by Gasteiger charge is 2.28. The standard InChI is InChI=1S/C20H20N6O/c1-2-14(15-10-21-24-16(15)3-1)18-12-26-11-17(13-4-5-13)22-20(26)19(23-18)25-6-8-27-9-7-25/h1-3,10-13H,4-9H2,(H,21,24). The molecule has 1 aliphatic carbocycles. The molecule has 2 fully saturated rings. The Morgan fingerprint density at radius 3 is 2.81 bits per heavy atom. The molecule has 4 aromatic rings. The number of nitrogens with one attached hydrogen (secondary N) is 1. The molecule has 3 aromatic heterocycles. The van der Waals surface area contributed by atoms with E-state index in [0.717, 1.165) is 59.9 Å². The zero-order chi connectivity index (χ0) is 17.8. The summed E-state index contributed by atoms with van der Waals surface area (Å²) in [6.07, 6.45) is 8.63. The molecule has 1 saturated carbocycles. The lowest BCUT2D eigenvalue weighted by atomic mass is 10.1. The first-order chi connectivity index (χ1) is 13.4. The minimum Gasteiger partial charge on any atom is -0.378 e. The van der Waals surface area contributed by atoms with Gasteiger partial charge in [0.1, 0.15) is 0 Å². The third-order valence-corrected chi connectivity index (χ3v) is 5.51. The van der Waals surface area contributed by atoms with E-state index in [4.69, 9.17) is 14.7 Å². The monoisotopic (exact) mass is 360 g/mol. The largest absolute Gasteiger partial charge is 0.378 e. The van der Waals surface area contributed by atoms with Crippen molar-refractivity contribution in [3.63, 3.8) is 0 Å². The number of benzene rings is 1. The average Bonchev–Trinajstić information content (AvgIpc) is 3.29. The van der Waals surface area contributed by atoms with Crippen LogP contribution in [0.3, 0.4) is 0 Å². The summed E-state index contributed by atoms with van der Waals surface area (Å²) < 4.78 is 7.69. The van der Waals surface area contributed by atoms with Gasteiger partial charge in [-0.15, -0.1) is 0 Å². The number of H-pyrrole nitrogens is 1. The first-order valence-corrected chi connectivity index (χ1v) is 9.51. The molecule has 4 heterocycles. The number of aromatic amines is 1. The number of hydrogen-bond donors (Lipinski definition) is 1. The van der Waals surface area contributed by atoms with Gasteiger partial charge in [-0.3, -0.25) is 5.10 Å². The first-order valence-electron chi connectivity index (χ1n) is 9.51. The van der Waals surface area contributed by atoms with E-state index in [0.29, 0.717) is 5.92 Å². The van der Waals surface area contributed by atoms with Gasteiger partial charge in [-0.1, -0.05) is 12.1 Å². The van der Waals surface area contributed by atoms with Crippen LogP contribution in [0.1, 0.15) is 24.5 Å². The van der Waals surface area contributed by atoms with Crippen LogP contribution in [0.15, 0.2) is 36.8 Å². The molecule has 0 atom stereocenters. The summed E-state index contributed by atoms with van der Waals surface area (Å²) in [7, 11) is 0. The zero-order valence-electron chi connectivity index (χ0n) is 14.9. The highest BCUT2D eigenvalue weighted by Crippen LogP contribution is 2.40. The first kappa shape index (κ1) is 15.2. The van der Waals surface area contributed by atoms with Crippen LogP contribution in [0, 0.1) is 0 Å². The minimum absolute atomic E-state index is 0.614. The number of rotatable bonds is 3. The van der Waals surface area contributed by atoms with Crippen molar-refractivity contribution in [1.29, 1.82) is 0 Å². The van der Waals surface area contributed by atoms with Crippen molar-refractivity contribution in [1.82, 2.24) is 24.6 Å². The fourth-order valence-electron chi connectivity index (χ4n) is 3.89. The number of ether oxygens (including phenoxy) is 1. The smallest absolute Gasteiger partial charge is 0.180 e. The van der Waals surface area contributed by atoms with Gasteiger partial charge in [-0.25, -0.2) is 9.97 Å². The fourth-order valence-corrected chi connectivity index (χ4v) is 3.89. The van der Waals surface area contributed by atoms with Crippen molar-refractivity contribution in [3.05, 3.63) is 42.5 Å². The number of nitrogens with zero attached hydrogens (tertiary/aromatic N) is 5. The van der Waals surface area contributed by atoms with Crippen LogP contribution in [0.4, 0.5) is 5.82 Å². The van der Waals surface area contributed by atoms with Crippen LogP contribution in [0.2, 0.25) is 0 Å². The highest BCUT2D eigenvalue weighted by atomic mass is 16.5. The Morgan fingerprint density at radius 2 is 1.96 bits per heavy atom. The number of hydrogen-bond acceptors (Lipinski definition) is 5. The molecular formula is C20H20N6O. The van der Waals surface area contributed by atoms with Crippen molar-refractivity contribution < 1.29 is 4.74 Å². The molecule has 1 aliphatic heterocycles. The second-order valence-corrected chi connectivity index (χ2v) is 7.36. The van der Waals surface area contributed by atoms with Crippen molar-refractivity contribution in [2.45, 2.75) is 18.8 Å². The van der Waals surface area contributed by atoms with Crippen molar-refractivity contribution in [2.24, 2.45) is 0 Å². The Kier molecular flexibility index (Phi) is 3.25. The van der Waals surface area contributed by atoms with E-state index in [1.807, 2.05) is 18.3 Å². The third-order valence-electron chi connectivity index (χ3n) is 5.51. The Hall–Kier alpha value is -2.93. The van der Waals surface area contributed by atoms with Gasteiger partial charge >= 0.3 is 0 Å². The maximum absolute atomic E-state index is 5.54. The molecule has 0 spiro atoms. The fraction of sp³-hybridized carbons (Fsp3) is 0.350. The molecule has 7 heteroatoms. The van der Waals surface area contributed by atoms with E-state index >= 15 is 0 Å². The lowest BCUT2D eigenvalue weighted by Crippen LogP contribution is -2.37.